The summed E-state index contributed by atoms with van der Waals surface area (Å²) < 4.78 is 125. The second kappa shape index (κ2) is 27.5. The Morgan fingerprint density at radius 3 is 1.38 bits per heavy atom. The average molecular weight is 1280 g/mol. The molecule has 8 aliphatic heterocycles. The van der Waals surface area contributed by atoms with Crippen LogP contribution in [-0.2, 0) is 23.9 Å². The highest BCUT2D eigenvalue weighted by Gasteiger charge is 2.40. The maximum absolute atomic E-state index is 13.7. The zero-order valence-electron chi connectivity index (χ0n) is 47.8. The summed E-state index contributed by atoms with van der Waals surface area (Å²) in [6.45, 7) is 1.86. The Bertz CT molecular complexity index is 3720. The van der Waals surface area contributed by atoms with Gasteiger partial charge in [0.25, 0.3) is 21.9 Å². The summed E-state index contributed by atoms with van der Waals surface area (Å²) in [6, 6.07) is 16.8. The van der Waals surface area contributed by atoms with Crippen molar-refractivity contribution in [3.8, 4) is 23.0 Å². The number of benzene rings is 5. The topological polar surface area (TPSA) is 277 Å². The number of nitrogens with one attached hydrogen (secondary N) is 2. The van der Waals surface area contributed by atoms with Crippen molar-refractivity contribution in [2.75, 3.05) is 69.4 Å². The SMILES string of the molecule is CS(=O)(=O)O[C@@H]1CCN(C(=O)N2N=CC[C@H]2c2cc(F)cc(F)c2)C1.O=C(N1CC[C@@H](O)C1)N1N=CC[C@H]1c1cc(F)cc(F)c1.O=C1COc2cccc(O)c2N1.O=C1COc2cccc(O[C@@H]3CCN(C(=O)N4N=CC[C@H]4c4cc(F)cc(F)c4)C3)c2N1. The average Bonchev–Trinajstić information content (AvgIpc) is 2.28. The van der Waals surface area contributed by atoms with E-state index < -0.39 is 81.4 Å². The minimum absolute atomic E-state index is 0.0104. The number of urea groups is 3. The number of carbonyl (C=O) groups excluding carboxylic acids is 5. The number of nitrogens with zero attached hydrogens (tertiary/aromatic N) is 9. The van der Waals surface area contributed by atoms with Crippen LogP contribution in [0.15, 0.2) is 106 Å². The summed E-state index contributed by atoms with van der Waals surface area (Å²) >= 11 is 0. The van der Waals surface area contributed by atoms with E-state index in [1.807, 2.05) is 0 Å². The number of hydrazone groups is 3. The Labute approximate surface area is 510 Å². The number of likely N-dealkylation sites (tertiary alicyclic amines) is 3. The predicted octanol–water partition coefficient (Wildman–Crippen LogP) is 7.78. The molecule has 3 saturated heterocycles. The van der Waals surface area contributed by atoms with Gasteiger partial charge in [-0.05, 0) is 90.2 Å². The van der Waals surface area contributed by atoms with E-state index in [2.05, 4.69) is 25.9 Å². The molecule has 5 aromatic carbocycles. The van der Waals surface area contributed by atoms with Crippen molar-refractivity contribution in [2.45, 2.75) is 75.0 Å². The first-order chi connectivity index (χ1) is 43.0. The van der Waals surface area contributed by atoms with E-state index in [4.69, 9.17) is 18.4 Å². The Hall–Kier alpha value is -9.49. The first-order valence-electron chi connectivity index (χ1n) is 28.3. The van der Waals surface area contributed by atoms with Crippen molar-refractivity contribution in [1.29, 1.82) is 0 Å². The first-order valence-corrected chi connectivity index (χ1v) is 30.1. The number of hydrogen-bond acceptors (Lipinski definition) is 16. The van der Waals surface area contributed by atoms with Crippen molar-refractivity contribution in [3.63, 3.8) is 0 Å². The maximum Gasteiger partial charge on any atom is 0.341 e. The molecule has 0 bridgehead atoms. The van der Waals surface area contributed by atoms with E-state index >= 15 is 0 Å². The smallest absolute Gasteiger partial charge is 0.341 e. The second-order valence-corrected chi connectivity index (χ2v) is 23.2. The molecule has 0 spiro atoms. The van der Waals surface area contributed by atoms with Gasteiger partial charge in [-0.15, -0.1) is 0 Å². The largest absolute Gasteiger partial charge is 0.506 e. The Morgan fingerprint density at radius 1 is 0.556 bits per heavy atom. The van der Waals surface area contributed by atoms with Crippen molar-refractivity contribution in [3.05, 3.63) is 143 Å². The summed E-state index contributed by atoms with van der Waals surface area (Å²) in [5, 5.41) is 39.9. The molecular weight excluding hydrogens is 1220 g/mol. The number of aliphatic hydroxyl groups is 1. The van der Waals surface area contributed by atoms with Gasteiger partial charge in [0.1, 0.15) is 75.4 Å². The van der Waals surface area contributed by atoms with Crippen molar-refractivity contribution >= 4 is 70.0 Å². The standard InChI is InChI=1S/C22H20F2N4O4.C15H17F2N3O4S.C14H15F2N3O2.C8H7NO3/c23-14-8-13(9-15(24)10-14)17-4-6-25-28(17)22(30)27-7-5-16(11-27)32-19-3-1-2-18-21(19)26-20(29)12-31-18;1-25(22,23)24-13-3-5-19(9-13)15(21)20-14(2-4-18-20)10-6-11(16)8-12(17)7-10;15-10-5-9(6-11(16)7-10)13-1-3-17-19(13)14(21)18-4-2-12(20)8-18;10-5-2-1-3-6-8(5)9-7(11)4-12-6/h1-3,6,8-10,16-17H,4-5,7,11-12H2,(H,26,29);4,6-8,13-14H,2-3,5,9H2,1H3;3,5-7,12-13,20H,1-2,4,8H2;1-3,10H,4H2,(H,9,11)/t16-,17+;13-,14+;12-,13+;/m111./s1. The van der Waals surface area contributed by atoms with E-state index in [1.54, 1.807) is 47.7 Å². The number of fused-ring (bicyclic) bond motifs is 2. The summed E-state index contributed by atoms with van der Waals surface area (Å²) in [5.41, 5.74) is 1.87. The number of carbonyl (C=O) groups is 5. The van der Waals surface area contributed by atoms with Crippen LogP contribution in [0.3, 0.4) is 0 Å². The molecule has 0 aliphatic carbocycles. The Morgan fingerprint density at radius 2 is 0.944 bits per heavy atom. The van der Waals surface area contributed by atoms with Gasteiger partial charge in [0.05, 0.1) is 49.7 Å². The van der Waals surface area contributed by atoms with Gasteiger partial charge < -0.3 is 49.8 Å². The number of aromatic hydroxyl groups is 1. The molecule has 90 heavy (non-hydrogen) atoms. The van der Waals surface area contributed by atoms with E-state index in [1.165, 1.54) is 68.5 Å². The van der Waals surface area contributed by atoms with Crippen molar-refractivity contribution in [1.82, 2.24) is 29.7 Å². The van der Waals surface area contributed by atoms with E-state index in [9.17, 15) is 68.9 Å². The third-order valence-corrected chi connectivity index (χ3v) is 15.6. The highest BCUT2D eigenvalue weighted by Crippen LogP contribution is 2.40. The predicted molar refractivity (Wildman–Crippen MR) is 310 cm³/mol. The molecule has 31 heteroatoms. The van der Waals surface area contributed by atoms with Gasteiger partial charge in [-0.2, -0.15) is 23.7 Å². The van der Waals surface area contributed by atoms with Gasteiger partial charge in [0.2, 0.25) is 0 Å². The number of ether oxygens (including phenoxy) is 3. The van der Waals surface area contributed by atoms with Crippen LogP contribution in [0.5, 0.6) is 23.0 Å². The van der Waals surface area contributed by atoms with Crippen molar-refractivity contribution < 1.29 is 87.3 Å². The Kier molecular flexibility index (Phi) is 19.4. The van der Waals surface area contributed by atoms with E-state index in [-0.39, 0.29) is 62.0 Å². The van der Waals surface area contributed by atoms with Crippen LogP contribution in [0.4, 0.5) is 52.1 Å². The van der Waals surface area contributed by atoms with Crippen LogP contribution in [0, 0.1) is 34.9 Å². The molecule has 3 fully saturated rings. The number of hydrogen-bond donors (Lipinski definition) is 4. The lowest BCUT2D eigenvalue weighted by Crippen LogP contribution is -2.40. The zero-order chi connectivity index (χ0) is 64.0. The second-order valence-electron chi connectivity index (χ2n) is 21.6. The van der Waals surface area contributed by atoms with Crippen LogP contribution in [0.25, 0.3) is 0 Å². The lowest BCUT2D eigenvalue weighted by atomic mass is 10.0. The number of anilines is 2. The molecule has 13 rings (SSSR count). The van der Waals surface area contributed by atoms with Crippen LogP contribution < -0.4 is 24.8 Å². The zero-order valence-corrected chi connectivity index (χ0v) is 48.7. The molecule has 476 valence electrons. The number of rotatable bonds is 7. The highest BCUT2D eigenvalue weighted by molar-refractivity contribution is 7.86. The highest BCUT2D eigenvalue weighted by atomic mass is 32.2. The fourth-order valence-corrected chi connectivity index (χ4v) is 11.6. The van der Waals surface area contributed by atoms with E-state index in [0.29, 0.717) is 110 Å². The number of amides is 8. The fraction of sp³-hybridized carbons (Fsp3) is 0.356. The molecule has 8 aliphatic rings. The maximum atomic E-state index is 13.7. The number of aliphatic hydroxyl groups excluding tert-OH is 1. The molecule has 24 nitrogen and oxygen atoms in total. The number of halogens is 6. The normalized spacial score (nSPS) is 22.0. The Balaban J connectivity index is 0.000000138. The van der Waals surface area contributed by atoms with Crippen LogP contribution >= 0.6 is 0 Å². The number of para-hydroxylation sites is 2. The van der Waals surface area contributed by atoms with Gasteiger partial charge in [0.15, 0.2) is 13.2 Å². The van der Waals surface area contributed by atoms with E-state index in [0.717, 1.165) is 29.5 Å². The molecule has 5 aromatic rings. The van der Waals surface area contributed by atoms with Crippen LogP contribution in [0.2, 0.25) is 0 Å². The molecule has 0 aromatic heterocycles. The summed E-state index contributed by atoms with van der Waals surface area (Å²) in [4.78, 5) is 65.2. The minimum atomic E-state index is -3.60. The molecule has 0 radical (unpaired) electrons. The molecule has 8 amide bonds. The van der Waals surface area contributed by atoms with Gasteiger partial charge in [-0.1, -0.05) is 12.1 Å². The number of phenolic OH excluding ortho intramolecular Hbond substituents is 1. The fourth-order valence-electron chi connectivity index (χ4n) is 10.9. The molecule has 6 atom stereocenters. The summed E-state index contributed by atoms with van der Waals surface area (Å²) in [5.74, 6) is -3.17. The molecule has 0 unspecified atom stereocenters. The van der Waals surface area contributed by atoms with Crippen LogP contribution in [0.1, 0.15) is 73.3 Å². The molecule has 8 heterocycles. The molecule has 0 saturated carbocycles. The molecule has 4 N–H and O–H groups in total. The third kappa shape index (κ3) is 15.5. The van der Waals surface area contributed by atoms with Gasteiger partial charge >= 0.3 is 18.1 Å². The summed E-state index contributed by atoms with van der Waals surface area (Å²) in [7, 11) is -3.60. The van der Waals surface area contributed by atoms with Gasteiger partial charge in [-0.25, -0.2) is 55.8 Å². The van der Waals surface area contributed by atoms with Gasteiger partial charge in [0, 0.05) is 88.7 Å². The number of β-amino-alcohol motifs (C(OH)–C–C–N with tert-alkyl or cyclic N) is 1. The lowest BCUT2D eigenvalue weighted by molar-refractivity contribution is -0.119. The number of phenols is 1. The molecular formula is C59H59F6N11O13S. The minimum Gasteiger partial charge on any atom is -0.506 e. The quantitative estimate of drug-likeness (QED) is 0.0689. The van der Waals surface area contributed by atoms with Gasteiger partial charge in [-0.3, -0.25) is 13.8 Å². The summed E-state index contributed by atoms with van der Waals surface area (Å²) in [6.07, 6.45) is 6.78. The first kappa shape index (κ1) is 63.5. The van der Waals surface area contributed by atoms with Crippen molar-refractivity contribution in [2.24, 2.45) is 15.3 Å². The third-order valence-electron chi connectivity index (χ3n) is 15.0. The lowest BCUT2D eigenvalue weighted by Gasteiger charge is -2.27. The monoisotopic (exact) mass is 1280 g/mol. The van der Waals surface area contributed by atoms with Crippen LogP contribution in [-0.4, -0.2) is 174 Å².